The van der Waals surface area contributed by atoms with E-state index in [4.69, 9.17) is 17.5 Å². The second kappa shape index (κ2) is 7.04. The monoisotopic (exact) mass is 353 g/mol. The number of hydrogen-bond donors (Lipinski definition) is 0. The standard InChI is InChI=1S/C18H15N3OS2/c1-2-9-21-17(22)16(24-18(21)23)11-13-12-20(10-5-8-19)15-7-4-3-6-14(13)15/h2-4,6-7,11-12H,1,5,9-10H2/b16-11+. The minimum absolute atomic E-state index is 0.0845. The fourth-order valence-electron chi connectivity index (χ4n) is 2.67. The Bertz CT molecular complexity index is 905. The first kappa shape index (κ1) is 16.5. The van der Waals surface area contributed by atoms with Crippen LogP contribution in [0.3, 0.4) is 0 Å². The summed E-state index contributed by atoms with van der Waals surface area (Å²) >= 11 is 6.58. The number of nitrogens with zero attached hydrogens (tertiary/aromatic N) is 3. The van der Waals surface area contributed by atoms with Crippen LogP contribution in [0.25, 0.3) is 17.0 Å². The van der Waals surface area contributed by atoms with Gasteiger partial charge in [0.05, 0.1) is 17.4 Å². The van der Waals surface area contributed by atoms with Gasteiger partial charge in [-0.05, 0) is 12.1 Å². The van der Waals surface area contributed by atoms with Crippen LogP contribution in [0.15, 0.2) is 48.0 Å². The third kappa shape index (κ3) is 3.01. The lowest BCUT2D eigenvalue weighted by molar-refractivity contribution is -0.121. The predicted octanol–water partition coefficient (Wildman–Crippen LogP) is 3.94. The Morgan fingerprint density at radius 3 is 2.92 bits per heavy atom. The Morgan fingerprint density at radius 2 is 2.17 bits per heavy atom. The fourth-order valence-corrected chi connectivity index (χ4v) is 3.94. The van der Waals surface area contributed by atoms with Gasteiger partial charge in [-0.15, -0.1) is 6.58 Å². The molecule has 120 valence electrons. The van der Waals surface area contributed by atoms with Gasteiger partial charge in [0.15, 0.2) is 0 Å². The highest BCUT2D eigenvalue weighted by Crippen LogP contribution is 2.34. The molecule has 0 N–H and O–H groups in total. The number of aryl methyl sites for hydroxylation is 1. The Hall–Kier alpha value is -2.36. The molecule has 24 heavy (non-hydrogen) atoms. The van der Waals surface area contributed by atoms with Crippen molar-refractivity contribution in [3.8, 4) is 6.07 Å². The fraction of sp³-hybridized carbons (Fsp3) is 0.167. The number of para-hydroxylation sites is 1. The van der Waals surface area contributed by atoms with E-state index in [1.54, 1.807) is 11.0 Å². The minimum atomic E-state index is -0.0845. The van der Waals surface area contributed by atoms with Crippen molar-refractivity contribution in [2.75, 3.05) is 6.54 Å². The molecule has 1 amide bonds. The number of fused-ring (bicyclic) bond motifs is 1. The summed E-state index contributed by atoms with van der Waals surface area (Å²) in [6.07, 6.45) is 5.98. The Kier molecular flexibility index (Phi) is 4.84. The summed E-state index contributed by atoms with van der Waals surface area (Å²) in [6, 6.07) is 10.2. The van der Waals surface area contributed by atoms with Crippen LogP contribution in [0.4, 0.5) is 0 Å². The molecule has 6 heteroatoms. The van der Waals surface area contributed by atoms with Crippen LogP contribution in [0, 0.1) is 11.3 Å². The Labute approximate surface area is 150 Å². The molecule has 0 bridgehead atoms. The van der Waals surface area contributed by atoms with Gasteiger partial charge in [-0.25, -0.2) is 0 Å². The van der Waals surface area contributed by atoms with E-state index >= 15 is 0 Å². The molecule has 0 spiro atoms. The smallest absolute Gasteiger partial charge is 0.266 e. The lowest BCUT2D eigenvalue weighted by atomic mass is 10.1. The van der Waals surface area contributed by atoms with Crippen LogP contribution in [-0.4, -0.2) is 26.2 Å². The number of rotatable bonds is 5. The van der Waals surface area contributed by atoms with Crippen molar-refractivity contribution < 1.29 is 4.79 Å². The van der Waals surface area contributed by atoms with Crippen molar-refractivity contribution in [3.05, 3.63) is 53.6 Å². The molecule has 0 unspecified atom stereocenters. The van der Waals surface area contributed by atoms with Gasteiger partial charge in [-0.2, -0.15) is 5.26 Å². The number of thioether (sulfide) groups is 1. The maximum atomic E-state index is 12.5. The molecule has 0 saturated carbocycles. The van der Waals surface area contributed by atoms with E-state index in [0.717, 1.165) is 16.5 Å². The largest absolute Gasteiger partial charge is 0.346 e. The number of amides is 1. The molecule has 4 nitrogen and oxygen atoms in total. The van der Waals surface area contributed by atoms with Crippen molar-refractivity contribution in [1.82, 2.24) is 9.47 Å². The first-order valence-corrected chi connectivity index (χ1v) is 8.69. The molecule has 1 aromatic carbocycles. The van der Waals surface area contributed by atoms with Gasteiger partial charge in [0.25, 0.3) is 5.91 Å². The molecular formula is C18H15N3OS2. The van der Waals surface area contributed by atoms with Gasteiger partial charge in [0.1, 0.15) is 4.32 Å². The summed E-state index contributed by atoms with van der Waals surface area (Å²) in [4.78, 5) is 14.6. The van der Waals surface area contributed by atoms with E-state index in [1.807, 2.05) is 36.5 Å². The lowest BCUT2D eigenvalue weighted by Gasteiger charge is -2.10. The van der Waals surface area contributed by atoms with Gasteiger partial charge < -0.3 is 4.57 Å². The molecule has 1 aliphatic rings. The van der Waals surface area contributed by atoms with Gasteiger partial charge in [-0.1, -0.05) is 48.3 Å². The normalized spacial score (nSPS) is 16.1. The SMILES string of the molecule is C=CCN1C(=O)/C(=C\c2cn(CCC#N)c3ccccc23)SC1=S. The summed E-state index contributed by atoms with van der Waals surface area (Å²) in [7, 11) is 0. The van der Waals surface area contributed by atoms with Crippen LogP contribution < -0.4 is 0 Å². The predicted molar refractivity (Wildman–Crippen MR) is 102 cm³/mol. The summed E-state index contributed by atoms with van der Waals surface area (Å²) in [6.45, 7) is 4.71. The van der Waals surface area contributed by atoms with Gasteiger partial charge in [0.2, 0.25) is 0 Å². The number of carbonyl (C=O) groups excluding carboxylic acids is 1. The zero-order valence-electron chi connectivity index (χ0n) is 12.9. The van der Waals surface area contributed by atoms with Crippen LogP contribution in [0.1, 0.15) is 12.0 Å². The molecule has 1 aromatic heterocycles. The Morgan fingerprint density at radius 1 is 1.38 bits per heavy atom. The second-order valence-electron chi connectivity index (χ2n) is 5.28. The summed E-state index contributed by atoms with van der Waals surface area (Å²) < 4.78 is 2.61. The van der Waals surface area contributed by atoms with E-state index in [9.17, 15) is 4.79 Å². The molecule has 1 aliphatic heterocycles. The number of aromatic nitrogens is 1. The zero-order chi connectivity index (χ0) is 17.1. The third-order valence-electron chi connectivity index (χ3n) is 3.76. The molecule has 0 radical (unpaired) electrons. The molecule has 3 rings (SSSR count). The molecule has 2 heterocycles. The maximum Gasteiger partial charge on any atom is 0.266 e. The topological polar surface area (TPSA) is 49.0 Å². The quantitative estimate of drug-likeness (QED) is 0.464. The number of carbonyl (C=O) groups is 1. The second-order valence-corrected chi connectivity index (χ2v) is 6.96. The van der Waals surface area contributed by atoms with Crippen molar-refractivity contribution >= 4 is 51.2 Å². The molecule has 0 aliphatic carbocycles. The number of nitriles is 1. The highest BCUT2D eigenvalue weighted by molar-refractivity contribution is 8.26. The lowest BCUT2D eigenvalue weighted by Crippen LogP contribution is -2.27. The molecule has 0 atom stereocenters. The molecular weight excluding hydrogens is 338 g/mol. The van der Waals surface area contributed by atoms with Gasteiger partial charge >= 0.3 is 0 Å². The van der Waals surface area contributed by atoms with Gasteiger partial charge in [0, 0.05) is 35.8 Å². The highest BCUT2D eigenvalue weighted by Gasteiger charge is 2.31. The van der Waals surface area contributed by atoms with Crippen LogP contribution in [0.2, 0.25) is 0 Å². The maximum absolute atomic E-state index is 12.5. The first-order valence-electron chi connectivity index (χ1n) is 7.47. The van der Waals surface area contributed by atoms with Gasteiger partial charge in [-0.3, -0.25) is 9.69 Å². The Balaban J connectivity index is 2.01. The average molecular weight is 353 g/mol. The number of thiocarbonyl (C=S) groups is 1. The van der Waals surface area contributed by atoms with Crippen LogP contribution in [-0.2, 0) is 11.3 Å². The minimum Gasteiger partial charge on any atom is -0.346 e. The molecule has 1 fully saturated rings. The molecule has 2 aromatic rings. The van der Waals surface area contributed by atoms with Crippen molar-refractivity contribution in [2.45, 2.75) is 13.0 Å². The van der Waals surface area contributed by atoms with E-state index in [1.165, 1.54) is 11.8 Å². The van der Waals surface area contributed by atoms with E-state index < -0.39 is 0 Å². The van der Waals surface area contributed by atoms with Crippen LogP contribution >= 0.6 is 24.0 Å². The zero-order valence-corrected chi connectivity index (χ0v) is 14.6. The summed E-state index contributed by atoms with van der Waals surface area (Å²) in [5.41, 5.74) is 2.02. The number of benzene rings is 1. The van der Waals surface area contributed by atoms with E-state index in [0.29, 0.717) is 28.7 Å². The average Bonchev–Trinajstić information content (AvgIpc) is 3.06. The van der Waals surface area contributed by atoms with Crippen molar-refractivity contribution in [3.63, 3.8) is 0 Å². The van der Waals surface area contributed by atoms with Crippen LogP contribution in [0.5, 0.6) is 0 Å². The third-order valence-corrected chi connectivity index (χ3v) is 5.13. The first-order chi connectivity index (χ1) is 11.7. The number of hydrogen-bond acceptors (Lipinski definition) is 4. The molecule has 1 saturated heterocycles. The van der Waals surface area contributed by atoms with Crippen molar-refractivity contribution in [1.29, 1.82) is 5.26 Å². The van der Waals surface area contributed by atoms with E-state index in [2.05, 4.69) is 17.2 Å². The van der Waals surface area contributed by atoms with Crippen molar-refractivity contribution in [2.24, 2.45) is 0 Å². The summed E-state index contributed by atoms with van der Waals surface area (Å²) in [5, 5.41) is 9.89. The highest BCUT2D eigenvalue weighted by atomic mass is 32.2. The van der Waals surface area contributed by atoms with E-state index in [-0.39, 0.29) is 5.91 Å². The summed E-state index contributed by atoms with van der Waals surface area (Å²) in [5.74, 6) is -0.0845.